The molecule has 32 heavy (non-hydrogen) atoms. The zero-order chi connectivity index (χ0) is 22.8. The standard InChI is InChI=1S/C26H29BrO4S/c1-2-21-7-11-23(12-8-21)30-19-5-3-4-6-20-31-24-13-17-26(18-14-24)32(28,29)25-15-9-22(27)10-16-25/h2,7,9-11,13-18H,1,3-6,8,12,19-20H2. The number of ether oxygens (including phenoxy) is 2. The second-order valence-electron chi connectivity index (χ2n) is 7.62. The number of hydrogen-bond acceptors (Lipinski definition) is 4. The highest BCUT2D eigenvalue weighted by atomic mass is 79.9. The smallest absolute Gasteiger partial charge is 0.206 e. The number of unbranched alkanes of at least 4 members (excludes halogenated alkanes) is 3. The zero-order valence-corrected chi connectivity index (χ0v) is 20.5. The van der Waals surface area contributed by atoms with E-state index < -0.39 is 9.84 Å². The van der Waals surface area contributed by atoms with Crippen molar-refractivity contribution in [1.82, 2.24) is 0 Å². The molecule has 0 saturated carbocycles. The van der Waals surface area contributed by atoms with Crippen molar-refractivity contribution in [3.63, 3.8) is 0 Å². The molecule has 0 fully saturated rings. The van der Waals surface area contributed by atoms with Crippen LogP contribution in [0.5, 0.6) is 5.75 Å². The van der Waals surface area contributed by atoms with E-state index in [9.17, 15) is 8.42 Å². The summed E-state index contributed by atoms with van der Waals surface area (Å²) >= 11 is 3.32. The summed E-state index contributed by atoms with van der Waals surface area (Å²) in [5, 5.41) is 0. The Labute approximate surface area is 199 Å². The molecule has 0 unspecified atom stereocenters. The van der Waals surface area contributed by atoms with Gasteiger partial charge in [-0.2, -0.15) is 0 Å². The highest BCUT2D eigenvalue weighted by molar-refractivity contribution is 9.10. The molecule has 2 aromatic carbocycles. The molecule has 0 N–H and O–H groups in total. The van der Waals surface area contributed by atoms with Crippen LogP contribution in [0.15, 0.2) is 98.9 Å². The van der Waals surface area contributed by atoms with E-state index in [4.69, 9.17) is 9.47 Å². The molecule has 4 nitrogen and oxygen atoms in total. The van der Waals surface area contributed by atoms with Gasteiger partial charge in [0.2, 0.25) is 9.84 Å². The summed E-state index contributed by atoms with van der Waals surface area (Å²) < 4.78 is 37.8. The van der Waals surface area contributed by atoms with Gasteiger partial charge in [-0.05, 0) is 92.3 Å². The van der Waals surface area contributed by atoms with E-state index in [1.807, 2.05) is 12.2 Å². The van der Waals surface area contributed by atoms with Gasteiger partial charge in [0.1, 0.15) is 5.75 Å². The van der Waals surface area contributed by atoms with E-state index in [1.54, 1.807) is 48.5 Å². The van der Waals surface area contributed by atoms with Crippen LogP contribution in [0.4, 0.5) is 0 Å². The topological polar surface area (TPSA) is 52.6 Å². The molecule has 1 aliphatic rings. The van der Waals surface area contributed by atoms with Crippen molar-refractivity contribution in [2.45, 2.75) is 48.3 Å². The fourth-order valence-electron chi connectivity index (χ4n) is 3.34. The molecule has 1 aliphatic carbocycles. The third-order valence-electron chi connectivity index (χ3n) is 5.26. The lowest BCUT2D eigenvalue weighted by atomic mass is 10.0. The Morgan fingerprint density at radius 1 is 0.812 bits per heavy atom. The molecular weight excluding hydrogens is 488 g/mol. The fourth-order valence-corrected chi connectivity index (χ4v) is 4.87. The van der Waals surface area contributed by atoms with Crippen molar-refractivity contribution in [3.05, 3.63) is 89.1 Å². The van der Waals surface area contributed by atoms with Gasteiger partial charge in [-0.15, -0.1) is 0 Å². The van der Waals surface area contributed by atoms with Gasteiger partial charge in [0.05, 0.1) is 28.8 Å². The van der Waals surface area contributed by atoms with Crippen LogP contribution in [-0.4, -0.2) is 21.6 Å². The number of hydrogen-bond donors (Lipinski definition) is 0. The average molecular weight is 517 g/mol. The Morgan fingerprint density at radius 2 is 1.41 bits per heavy atom. The molecule has 0 aliphatic heterocycles. The maximum Gasteiger partial charge on any atom is 0.206 e. The molecule has 0 heterocycles. The van der Waals surface area contributed by atoms with E-state index in [0.29, 0.717) is 12.4 Å². The maximum atomic E-state index is 12.7. The van der Waals surface area contributed by atoms with Crippen LogP contribution in [0.3, 0.4) is 0 Å². The fraction of sp³-hybridized carbons (Fsp3) is 0.308. The molecule has 0 saturated heterocycles. The monoisotopic (exact) mass is 516 g/mol. The predicted octanol–water partition coefficient (Wildman–Crippen LogP) is 7.03. The third kappa shape index (κ3) is 7.10. The molecule has 2 aromatic rings. The summed E-state index contributed by atoms with van der Waals surface area (Å²) in [6, 6.07) is 13.2. The minimum atomic E-state index is -3.52. The molecule has 0 spiro atoms. The second kappa shape index (κ2) is 12.1. The first-order chi connectivity index (χ1) is 15.5. The highest BCUT2D eigenvalue weighted by Gasteiger charge is 2.17. The van der Waals surface area contributed by atoms with E-state index in [-0.39, 0.29) is 9.79 Å². The maximum absolute atomic E-state index is 12.7. The summed E-state index contributed by atoms with van der Waals surface area (Å²) in [6.45, 7) is 5.15. The van der Waals surface area contributed by atoms with Gasteiger partial charge in [-0.25, -0.2) is 8.42 Å². The lowest BCUT2D eigenvalue weighted by Gasteiger charge is -2.14. The summed E-state index contributed by atoms with van der Waals surface area (Å²) in [5.41, 5.74) is 1.26. The lowest BCUT2D eigenvalue weighted by molar-refractivity contribution is 0.194. The van der Waals surface area contributed by atoms with Crippen molar-refractivity contribution in [1.29, 1.82) is 0 Å². The van der Waals surface area contributed by atoms with Crippen LogP contribution in [0.25, 0.3) is 0 Å². The van der Waals surface area contributed by atoms with Gasteiger partial charge in [-0.3, -0.25) is 0 Å². The first kappa shape index (κ1) is 24.3. The highest BCUT2D eigenvalue weighted by Crippen LogP contribution is 2.24. The van der Waals surface area contributed by atoms with Gasteiger partial charge < -0.3 is 9.47 Å². The van der Waals surface area contributed by atoms with E-state index in [2.05, 4.69) is 28.6 Å². The van der Waals surface area contributed by atoms with Crippen LogP contribution in [0.1, 0.15) is 38.5 Å². The van der Waals surface area contributed by atoms with Crippen molar-refractivity contribution in [2.24, 2.45) is 0 Å². The lowest BCUT2D eigenvalue weighted by Crippen LogP contribution is -2.02. The Balaban J connectivity index is 1.33. The quantitative estimate of drug-likeness (QED) is 0.284. The predicted molar refractivity (Wildman–Crippen MR) is 132 cm³/mol. The summed E-state index contributed by atoms with van der Waals surface area (Å²) in [6.07, 6.45) is 12.1. The third-order valence-corrected chi connectivity index (χ3v) is 7.57. The van der Waals surface area contributed by atoms with Crippen molar-refractivity contribution >= 4 is 25.8 Å². The van der Waals surface area contributed by atoms with Crippen LogP contribution in [-0.2, 0) is 14.6 Å². The Hall–Kier alpha value is -2.31. The number of rotatable bonds is 12. The Kier molecular flexibility index (Phi) is 9.18. The minimum absolute atomic E-state index is 0.261. The van der Waals surface area contributed by atoms with Gasteiger partial charge in [0.25, 0.3) is 0 Å². The first-order valence-electron chi connectivity index (χ1n) is 10.9. The number of sulfone groups is 1. The molecular formula is C26H29BrO4S. The molecule has 3 rings (SSSR count). The van der Waals surface area contributed by atoms with Gasteiger partial charge in [-0.1, -0.05) is 34.7 Å². The SMILES string of the molecule is C=CC1=CC=C(OCCCCCCOc2ccc(S(=O)(=O)c3ccc(Br)cc3)cc2)CC1. The molecule has 0 bridgehead atoms. The summed E-state index contributed by atoms with van der Waals surface area (Å²) in [4.78, 5) is 0.535. The van der Waals surface area contributed by atoms with Gasteiger partial charge in [0.15, 0.2) is 0 Å². The first-order valence-corrected chi connectivity index (χ1v) is 13.1. The van der Waals surface area contributed by atoms with Gasteiger partial charge >= 0.3 is 0 Å². The van der Waals surface area contributed by atoms with Gasteiger partial charge in [0, 0.05) is 10.9 Å². The largest absolute Gasteiger partial charge is 0.498 e. The van der Waals surface area contributed by atoms with Crippen LogP contribution in [0, 0.1) is 0 Å². The van der Waals surface area contributed by atoms with Crippen LogP contribution >= 0.6 is 15.9 Å². The van der Waals surface area contributed by atoms with Crippen LogP contribution in [0.2, 0.25) is 0 Å². The number of benzene rings is 2. The molecule has 0 amide bonds. The zero-order valence-electron chi connectivity index (χ0n) is 18.1. The summed E-state index contributed by atoms with van der Waals surface area (Å²) in [5.74, 6) is 1.74. The van der Waals surface area contributed by atoms with E-state index in [1.165, 1.54) is 5.57 Å². The van der Waals surface area contributed by atoms with Crippen molar-refractivity contribution in [3.8, 4) is 5.75 Å². The number of halogens is 1. The van der Waals surface area contributed by atoms with Crippen LogP contribution < -0.4 is 4.74 Å². The average Bonchev–Trinajstić information content (AvgIpc) is 2.82. The van der Waals surface area contributed by atoms with Crippen molar-refractivity contribution in [2.75, 3.05) is 13.2 Å². The van der Waals surface area contributed by atoms with E-state index >= 15 is 0 Å². The number of allylic oxidation sites excluding steroid dienone is 5. The Bertz CT molecular complexity index is 1050. The minimum Gasteiger partial charge on any atom is -0.498 e. The molecule has 6 heteroatoms. The second-order valence-corrected chi connectivity index (χ2v) is 10.5. The molecule has 170 valence electrons. The van der Waals surface area contributed by atoms with Crippen molar-refractivity contribution < 1.29 is 17.9 Å². The normalized spacial score (nSPS) is 13.8. The molecule has 0 aromatic heterocycles. The Morgan fingerprint density at radius 3 is 1.97 bits per heavy atom. The molecule has 0 radical (unpaired) electrons. The summed E-state index contributed by atoms with van der Waals surface area (Å²) in [7, 11) is -3.52. The van der Waals surface area contributed by atoms with E-state index in [0.717, 1.165) is 55.4 Å². The molecule has 0 atom stereocenters.